The summed E-state index contributed by atoms with van der Waals surface area (Å²) in [6.07, 6.45) is 5.39. The second kappa shape index (κ2) is 10.6. The molecule has 212 valence electrons. The summed E-state index contributed by atoms with van der Waals surface area (Å²) < 4.78 is 6.40. The molecule has 0 spiro atoms. The molecule has 41 heavy (non-hydrogen) atoms. The minimum absolute atomic E-state index is 0.0631. The molecule has 1 aliphatic heterocycles. The number of nitrogens with one attached hydrogen (secondary N) is 1. The number of ketones is 1. The quantitative estimate of drug-likeness (QED) is 0.367. The van der Waals surface area contributed by atoms with Crippen LogP contribution < -0.4 is 10.1 Å². The van der Waals surface area contributed by atoms with Crippen molar-refractivity contribution >= 4 is 11.7 Å². The molecule has 3 aromatic carbocycles. The third kappa shape index (κ3) is 4.93. The molecule has 4 atom stereocenters. The van der Waals surface area contributed by atoms with E-state index in [9.17, 15) is 14.7 Å². The van der Waals surface area contributed by atoms with Crippen LogP contribution in [0.1, 0.15) is 65.6 Å². The molecule has 2 saturated carbocycles. The van der Waals surface area contributed by atoms with Gasteiger partial charge in [0.25, 0.3) is 5.91 Å². The lowest BCUT2D eigenvalue weighted by molar-refractivity contribution is -0.130. The average molecular weight is 551 g/mol. The molecule has 7 rings (SSSR count). The molecule has 2 N–H and O–H groups in total. The van der Waals surface area contributed by atoms with Gasteiger partial charge in [-0.1, -0.05) is 49.4 Å². The van der Waals surface area contributed by atoms with Gasteiger partial charge < -0.3 is 15.2 Å². The average Bonchev–Trinajstić information content (AvgIpc) is 3.72. The summed E-state index contributed by atoms with van der Waals surface area (Å²) in [5.41, 5.74) is 6.20. The van der Waals surface area contributed by atoms with Crippen LogP contribution in [-0.2, 0) is 17.6 Å². The molecule has 1 unspecified atom stereocenters. The van der Waals surface area contributed by atoms with E-state index >= 15 is 0 Å². The Kier molecular flexibility index (Phi) is 6.82. The van der Waals surface area contributed by atoms with Gasteiger partial charge in [0.15, 0.2) is 11.9 Å². The summed E-state index contributed by atoms with van der Waals surface area (Å²) >= 11 is 0. The highest BCUT2D eigenvalue weighted by molar-refractivity contribution is 5.99. The van der Waals surface area contributed by atoms with Crippen molar-refractivity contribution in [3.63, 3.8) is 0 Å². The molecule has 0 radical (unpaired) electrons. The molecule has 1 amide bonds. The van der Waals surface area contributed by atoms with E-state index in [1.165, 1.54) is 18.4 Å². The van der Waals surface area contributed by atoms with Crippen molar-refractivity contribution in [1.29, 1.82) is 0 Å². The number of benzene rings is 3. The predicted octanol–water partition coefficient (Wildman–Crippen LogP) is 5.51. The fourth-order valence-electron chi connectivity index (χ4n) is 7.45. The SMILES string of the molecule is CCN(CC1CC1)[C@@H]1Cc2ccc(C(=O)NCCc3ccc(-c4ccc(O)cc4)cc3)c3c2C2[C@H]1CCC(=O)[C@@H]2O3. The monoisotopic (exact) mass is 550 g/mol. The number of ether oxygens (including phenoxy) is 1. The molecular weight excluding hydrogens is 512 g/mol. The van der Waals surface area contributed by atoms with Crippen LogP contribution in [-0.4, -0.2) is 53.5 Å². The summed E-state index contributed by atoms with van der Waals surface area (Å²) in [6.45, 7) is 4.96. The first-order valence-electron chi connectivity index (χ1n) is 15.3. The summed E-state index contributed by atoms with van der Waals surface area (Å²) in [6, 6.07) is 19.9. The van der Waals surface area contributed by atoms with Gasteiger partial charge in [-0.15, -0.1) is 0 Å². The number of phenols is 1. The molecule has 3 aliphatic carbocycles. The second-order valence-electron chi connectivity index (χ2n) is 12.3. The van der Waals surface area contributed by atoms with Crippen molar-refractivity contribution in [2.75, 3.05) is 19.6 Å². The van der Waals surface area contributed by atoms with Crippen molar-refractivity contribution in [2.24, 2.45) is 11.8 Å². The number of nitrogens with zero attached hydrogens (tertiary/aromatic N) is 1. The Balaban J connectivity index is 1.06. The smallest absolute Gasteiger partial charge is 0.255 e. The van der Waals surface area contributed by atoms with Crippen molar-refractivity contribution < 1.29 is 19.4 Å². The number of Topliss-reactive ketones (excluding diaryl/α,β-unsaturated/α-hetero) is 1. The predicted molar refractivity (Wildman–Crippen MR) is 158 cm³/mol. The highest BCUT2D eigenvalue weighted by Crippen LogP contribution is 2.55. The van der Waals surface area contributed by atoms with E-state index < -0.39 is 6.10 Å². The Morgan fingerprint density at radius 3 is 2.44 bits per heavy atom. The Labute approximate surface area is 241 Å². The number of hydrogen-bond donors (Lipinski definition) is 2. The Bertz CT molecular complexity index is 1460. The van der Waals surface area contributed by atoms with Gasteiger partial charge in [0.1, 0.15) is 11.5 Å². The van der Waals surface area contributed by atoms with Gasteiger partial charge in [-0.2, -0.15) is 0 Å². The lowest BCUT2D eigenvalue weighted by atomic mass is 9.64. The maximum absolute atomic E-state index is 13.4. The fourth-order valence-corrected chi connectivity index (χ4v) is 7.45. The Morgan fingerprint density at radius 1 is 1.00 bits per heavy atom. The molecule has 0 saturated heterocycles. The molecule has 6 heteroatoms. The zero-order valence-corrected chi connectivity index (χ0v) is 23.6. The van der Waals surface area contributed by atoms with Gasteiger partial charge in [-0.25, -0.2) is 0 Å². The number of carbonyl (C=O) groups excluding carboxylic acids is 2. The Morgan fingerprint density at radius 2 is 1.73 bits per heavy atom. The third-order valence-electron chi connectivity index (χ3n) is 9.78. The standard InChI is InChI=1S/C35H38N2O4/c1-2-37(20-22-3-4-22)29-19-25-11-14-28(33-31(25)32-27(29)15-16-30(39)34(32)41-33)35(40)36-18-17-21-5-7-23(8-6-21)24-9-12-26(38)13-10-24/h5-14,22,27,29,32,34,38H,2-4,15-20H2,1H3,(H,36,40)/t27-,29+,32?,34-/m0/s1. The topological polar surface area (TPSA) is 78.9 Å². The third-order valence-corrected chi connectivity index (χ3v) is 9.78. The number of hydrogen-bond acceptors (Lipinski definition) is 5. The van der Waals surface area contributed by atoms with Gasteiger partial charge in [0, 0.05) is 37.0 Å². The number of rotatable bonds is 9. The first-order valence-corrected chi connectivity index (χ1v) is 15.3. The van der Waals surface area contributed by atoms with E-state index in [4.69, 9.17) is 4.74 Å². The first-order chi connectivity index (χ1) is 20.0. The van der Waals surface area contributed by atoms with Crippen molar-refractivity contribution in [2.45, 2.75) is 63.5 Å². The van der Waals surface area contributed by atoms with Crippen LogP contribution in [0, 0.1) is 11.8 Å². The molecule has 6 nitrogen and oxygen atoms in total. The number of phenolic OH excluding ortho intramolecular Hbond substituents is 1. The zero-order chi connectivity index (χ0) is 28.1. The molecule has 3 aromatic rings. The van der Waals surface area contributed by atoms with Crippen LogP contribution in [0.25, 0.3) is 11.1 Å². The van der Waals surface area contributed by atoms with Crippen LogP contribution in [0.3, 0.4) is 0 Å². The molecule has 0 aromatic heterocycles. The van der Waals surface area contributed by atoms with Crippen LogP contribution >= 0.6 is 0 Å². The summed E-state index contributed by atoms with van der Waals surface area (Å²) in [7, 11) is 0. The van der Waals surface area contributed by atoms with Gasteiger partial charge in [0.2, 0.25) is 0 Å². The number of amides is 1. The van der Waals surface area contributed by atoms with Crippen LogP contribution in [0.4, 0.5) is 0 Å². The zero-order valence-electron chi connectivity index (χ0n) is 23.6. The minimum atomic E-state index is -0.453. The molecule has 4 aliphatic rings. The van der Waals surface area contributed by atoms with E-state index in [1.54, 1.807) is 12.1 Å². The van der Waals surface area contributed by atoms with E-state index in [0.29, 0.717) is 42.7 Å². The maximum atomic E-state index is 13.4. The van der Waals surface area contributed by atoms with Gasteiger partial charge in [0.05, 0.1) is 5.56 Å². The van der Waals surface area contributed by atoms with Gasteiger partial charge in [-0.3, -0.25) is 14.5 Å². The molecular formula is C35H38N2O4. The van der Waals surface area contributed by atoms with Crippen LogP contribution in [0.2, 0.25) is 0 Å². The minimum Gasteiger partial charge on any atom is -0.508 e. The van der Waals surface area contributed by atoms with E-state index in [-0.39, 0.29) is 23.4 Å². The van der Waals surface area contributed by atoms with E-state index in [2.05, 4.69) is 47.5 Å². The van der Waals surface area contributed by atoms with E-state index in [0.717, 1.165) is 54.1 Å². The van der Waals surface area contributed by atoms with E-state index in [1.807, 2.05) is 18.2 Å². The number of carbonyl (C=O) groups is 2. The summed E-state index contributed by atoms with van der Waals surface area (Å²) in [4.78, 5) is 29.1. The highest BCUT2D eigenvalue weighted by Gasteiger charge is 2.54. The largest absolute Gasteiger partial charge is 0.508 e. The summed E-state index contributed by atoms with van der Waals surface area (Å²) in [5.74, 6) is 2.23. The van der Waals surface area contributed by atoms with Crippen molar-refractivity contribution in [1.82, 2.24) is 10.2 Å². The normalized spacial score (nSPS) is 24.2. The van der Waals surface area contributed by atoms with Crippen LogP contribution in [0.15, 0.2) is 60.7 Å². The second-order valence-corrected chi connectivity index (χ2v) is 12.3. The van der Waals surface area contributed by atoms with Crippen LogP contribution in [0.5, 0.6) is 11.5 Å². The highest BCUT2D eigenvalue weighted by atomic mass is 16.5. The summed E-state index contributed by atoms with van der Waals surface area (Å²) in [5, 5.41) is 12.6. The first kappa shape index (κ1) is 26.3. The van der Waals surface area contributed by atoms with Crippen molar-refractivity contribution in [3.8, 4) is 22.6 Å². The molecule has 2 fully saturated rings. The van der Waals surface area contributed by atoms with Gasteiger partial charge in [-0.05, 0) is 90.9 Å². The number of likely N-dealkylation sites (N-methyl/N-ethyl adjacent to an activating group) is 1. The van der Waals surface area contributed by atoms with Gasteiger partial charge >= 0.3 is 0 Å². The lowest BCUT2D eigenvalue weighted by Gasteiger charge is -2.46. The number of aromatic hydroxyl groups is 1. The lowest BCUT2D eigenvalue weighted by Crippen LogP contribution is -2.52. The van der Waals surface area contributed by atoms with Crippen molar-refractivity contribution in [3.05, 3.63) is 82.9 Å². The molecule has 1 heterocycles. The Hall–Kier alpha value is -3.64. The molecule has 0 bridgehead atoms. The fraction of sp³-hybridized carbons (Fsp3) is 0.429. The maximum Gasteiger partial charge on any atom is 0.255 e.